The molecule has 0 fully saturated rings. The van der Waals surface area contributed by atoms with E-state index in [1.165, 1.54) is 6.92 Å². The lowest BCUT2D eigenvalue weighted by atomic mass is 10.1. The Bertz CT molecular complexity index is 773. The number of carbonyl (C=O) groups is 3. The minimum absolute atomic E-state index is 0.203. The van der Waals surface area contributed by atoms with Crippen molar-refractivity contribution in [1.82, 2.24) is 5.32 Å². The molecular weight excluding hydrogens is 318 g/mol. The van der Waals surface area contributed by atoms with Crippen LogP contribution < -0.4 is 16.0 Å². The summed E-state index contributed by atoms with van der Waals surface area (Å²) in [4.78, 5) is 35.1. The van der Waals surface area contributed by atoms with Gasteiger partial charge in [0.15, 0.2) is 0 Å². The fourth-order valence-electron chi connectivity index (χ4n) is 2.32. The van der Waals surface area contributed by atoms with Crippen LogP contribution in [0.3, 0.4) is 0 Å². The molecule has 2 aromatic carbocycles. The average molecular weight is 339 g/mol. The van der Waals surface area contributed by atoms with E-state index in [1.54, 1.807) is 25.1 Å². The molecule has 3 amide bonds. The second-order valence-corrected chi connectivity index (χ2v) is 5.60. The van der Waals surface area contributed by atoms with Gasteiger partial charge in [0.2, 0.25) is 5.91 Å². The Morgan fingerprint density at radius 3 is 2.12 bits per heavy atom. The van der Waals surface area contributed by atoms with Crippen molar-refractivity contribution < 1.29 is 14.4 Å². The number of hydrogen-bond donors (Lipinski definition) is 3. The standard InChI is InChI=1S/C19H21N3O3/c1-13-16(21-14(2)23)9-6-10-17(13)22-19(25)18(24)20-12-11-15-7-4-3-5-8-15/h3-10H,11-12H2,1-2H3,(H,20,24)(H,21,23)(H,22,25). The SMILES string of the molecule is CC(=O)Nc1cccc(NC(=O)C(=O)NCCc2ccccc2)c1C. The highest BCUT2D eigenvalue weighted by atomic mass is 16.2. The molecule has 0 aromatic heterocycles. The van der Waals surface area contributed by atoms with Crippen molar-refractivity contribution in [3.05, 3.63) is 59.7 Å². The van der Waals surface area contributed by atoms with Gasteiger partial charge in [0.05, 0.1) is 0 Å². The number of hydrogen-bond acceptors (Lipinski definition) is 3. The summed E-state index contributed by atoms with van der Waals surface area (Å²) in [5.74, 6) is -1.64. The van der Waals surface area contributed by atoms with Crippen LogP contribution in [0.4, 0.5) is 11.4 Å². The van der Waals surface area contributed by atoms with Crippen molar-refractivity contribution in [2.45, 2.75) is 20.3 Å². The first kappa shape index (κ1) is 18.2. The van der Waals surface area contributed by atoms with Crippen molar-refractivity contribution in [2.24, 2.45) is 0 Å². The van der Waals surface area contributed by atoms with E-state index in [2.05, 4.69) is 16.0 Å². The van der Waals surface area contributed by atoms with Crippen LogP contribution in [0.15, 0.2) is 48.5 Å². The predicted octanol–water partition coefficient (Wildman–Crippen LogP) is 2.25. The maximum atomic E-state index is 12.0. The molecule has 0 aliphatic rings. The summed E-state index contributed by atoms with van der Waals surface area (Å²) < 4.78 is 0. The third kappa shape index (κ3) is 5.46. The van der Waals surface area contributed by atoms with Crippen LogP contribution in [0.5, 0.6) is 0 Å². The van der Waals surface area contributed by atoms with Crippen LogP contribution in [0.1, 0.15) is 18.1 Å². The van der Waals surface area contributed by atoms with Gasteiger partial charge in [-0.2, -0.15) is 0 Å². The highest BCUT2D eigenvalue weighted by Crippen LogP contribution is 2.23. The Morgan fingerprint density at radius 1 is 0.840 bits per heavy atom. The zero-order valence-corrected chi connectivity index (χ0v) is 14.3. The molecule has 0 saturated heterocycles. The zero-order valence-electron chi connectivity index (χ0n) is 14.3. The number of rotatable bonds is 5. The minimum Gasteiger partial charge on any atom is -0.347 e. The van der Waals surface area contributed by atoms with Gasteiger partial charge in [-0.25, -0.2) is 0 Å². The maximum absolute atomic E-state index is 12.0. The number of amides is 3. The van der Waals surface area contributed by atoms with Crippen molar-refractivity contribution in [1.29, 1.82) is 0 Å². The third-order valence-electron chi connectivity index (χ3n) is 3.64. The maximum Gasteiger partial charge on any atom is 0.313 e. The molecule has 2 aromatic rings. The minimum atomic E-state index is -0.740. The molecule has 2 rings (SSSR count). The summed E-state index contributed by atoms with van der Waals surface area (Å²) in [5.41, 5.74) is 2.84. The molecule has 3 N–H and O–H groups in total. The second kappa shape index (κ2) is 8.63. The van der Waals surface area contributed by atoms with Crippen molar-refractivity contribution >= 4 is 29.1 Å². The summed E-state index contributed by atoms with van der Waals surface area (Å²) in [6, 6.07) is 14.8. The van der Waals surface area contributed by atoms with E-state index in [0.717, 1.165) is 5.56 Å². The molecule has 0 spiro atoms. The molecule has 6 heteroatoms. The van der Waals surface area contributed by atoms with E-state index in [0.29, 0.717) is 29.9 Å². The molecule has 130 valence electrons. The fraction of sp³-hybridized carbons (Fsp3) is 0.211. The Balaban J connectivity index is 1.90. The monoisotopic (exact) mass is 339 g/mol. The Morgan fingerprint density at radius 2 is 1.48 bits per heavy atom. The fourth-order valence-corrected chi connectivity index (χ4v) is 2.32. The highest BCUT2D eigenvalue weighted by Gasteiger charge is 2.15. The largest absolute Gasteiger partial charge is 0.347 e. The van der Waals surface area contributed by atoms with Crippen LogP contribution in [0, 0.1) is 6.92 Å². The number of benzene rings is 2. The smallest absolute Gasteiger partial charge is 0.313 e. The lowest BCUT2D eigenvalue weighted by Gasteiger charge is -2.12. The molecule has 0 atom stereocenters. The van der Waals surface area contributed by atoms with Gasteiger partial charge >= 0.3 is 11.8 Å². The van der Waals surface area contributed by atoms with Crippen molar-refractivity contribution in [3.63, 3.8) is 0 Å². The van der Waals surface area contributed by atoms with Gasteiger partial charge in [0.25, 0.3) is 0 Å². The normalized spacial score (nSPS) is 10.0. The summed E-state index contributed by atoms with van der Waals surface area (Å²) in [6.07, 6.45) is 0.650. The Kier molecular flexibility index (Phi) is 6.28. The second-order valence-electron chi connectivity index (χ2n) is 5.60. The van der Waals surface area contributed by atoms with E-state index in [1.807, 2.05) is 30.3 Å². The summed E-state index contributed by atoms with van der Waals surface area (Å²) >= 11 is 0. The Labute approximate surface area is 146 Å². The summed E-state index contributed by atoms with van der Waals surface area (Å²) in [7, 11) is 0. The van der Waals surface area contributed by atoms with Crippen molar-refractivity contribution in [3.8, 4) is 0 Å². The first-order chi connectivity index (χ1) is 12.0. The number of anilines is 2. The van der Waals surface area contributed by atoms with Gasteiger partial charge < -0.3 is 16.0 Å². The molecule has 25 heavy (non-hydrogen) atoms. The van der Waals surface area contributed by atoms with Crippen LogP contribution in [0.25, 0.3) is 0 Å². The summed E-state index contributed by atoms with van der Waals surface area (Å²) in [5, 5.41) is 7.84. The van der Waals surface area contributed by atoms with Gasteiger partial charge in [0, 0.05) is 24.8 Å². The topological polar surface area (TPSA) is 87.3 Å². The highest BCUT2D eigenvalue weighted by molar-refractivity contribution is 6.39. The first-order valence-electron chi connectivity index (χ1n) is 7.97. The molecule has 0 saturated carbocycles. The molecule has 0 radical (unpaired) electrons. The van der Waals surface area contributed by atoms with Crippen LogP contribution in [0.2, 0.25) is 0 Å². The van der Waals surface area contributed by atoms with Gasteiger partial charge in [-0.05, 0) is 36.6 Å². The number of carbonyl (C=O) groups excluding carboxylic acids is 3. The Hall–Kier alpha value is -3.15. The first-order valence-corrected chi connectivity index (χ1v) is 7.97. The van der Waals surface area contributed by atoms with Gasteiger partial charge in [-0.15, -0.1) is 0 Å². The predicted molar refractivity (Wildman–Crippen MR) is 97.3 cm³/mol. The molecule has 0 heterocycles. The van der Waals surface area contributed by atoms with Crippen LogP contribution >= 0.6 is 0 Å². The van der Waals surface area contributed by atoms with E-state index >= 15 is 0 Å². The van der Waals surface area contributed by atoms with Gasteiger partial charge in [-0.3, -0.25) is 14.4 Å². The molecule has 0 aliphatic heterocycles. The van der Waals surface area contributed by atoms with Crippen LogP contribution in [-0.2, 0) is 20.8 Å². The quantitative estimate of drug-likeness (QED) is 0.730. The summed E-state index contributed by atoms with van der Waals surface area (Å²) in [6.45, 7) is 3.54. The zero-order chi connectivity index (χ0) is 18.2. The van der Waals surface area contributed by atoms with E-state index in [4.69, 9.17) is 0 Å². The van der Waals surface area contributed by atoms with Crippen LogP contribution in [-0.4, -0.2) is 24.3 Å². The third-order valence-corrected chi connectivity index (χ3v) is 3.64. The van der Waals surface area contributed by atoms with Gasteiger partial charge in [-0.1, -0.05) is 36.4 Å². The van der Waals surface area contributed by atoms with E-state index < -0.39 is 11.8 Å². The molecule has 0 aliphatic carbocycles. The van der Waals surface area contributed by atoms with E-state index in [9.17, 15) is 14.4 Å². The molecule has 0 bridgehead atoms. The van der Waals surface area contributed by atoms with Gasteiger partial charge in [0.1, 0.15) is 0 Å². The molecule has 0 unspecified atom stereocenters. The van der Waals surface area contributed by atoms with E-state index in [-0.39, 0.29) is 5.91 Å². The lowest BCUT2D eigenvalue weighted by Crippen LogP contribution is -2.36. The molecule has 6 nitrogen and oxygen atoms in total. The lowest BCUT2D eigenvalue weighted by molar-refractivity contribution is -0.136. The number of nitrogens with one attached hydrogen (secondary N) is 3. The van der Waals surface area contributed by atoms with Crippen molar-refractivity contribution in [2.75, 3.05) is 17.2 Å². The molecular formula is C19H21N3O3. The average Bonchev–Trinajstić information content (AvgIpc) is 2.59.